The first-order valence-corrected chi connectivity index (χ1v) is 9.05. The summed E-state index contributed by atoms with van der Waals surface area (Å²) in [7, 11) is 0. The molecule has 0 aromatic heterocycles. The molecule has 2 aromatic rings. The lowest BCUT2D eigenvalue weighted by atomic mass is 9.78. The fourth-order valence-corrected chi connectivity index (χ4v) is 2.21. The largest absolute Gasteiger partial charge is 0.491 e. The minimum Gasteiger partial charge on any atom is -0.491 e. The molecule has 2 aromatic carbocycles. The maximum atomic E-state index is 9.22. The highest BCUT2D eigenvalue weighted by molar-refractivity contribution is 5.39. The molecular formula is C22H32O3. The zero-order valence-electron chi connectivity index (χ0n) is 16.2. The SMILES string of the molecule is C1CO1.CC.CC(O)COc1ccc(C(C)(C)c2ccccc2)cc1. The Kier molecular flexibility index (Phi) is 9.25. The summed E-state index contributed by atoms with van der Waals surface area (Å²) in [5.74, 6) is 0.790. The van der Waals surface area contributed by atoms with Gasteiger partial charge in [-0.15, -0.1) is 0 Å². The second-order valence-corrected chi connectivity index (χ2v) is 6.29. The van der Waals surface area contributed by atoms with Gasteiger partial charge in [-0.2, -0.15) is 0 Å². The van der Waals surface area contributed by atoms with Crippen LogP contribution >= 0.6 is 0 Å². The minimum absolute atomic E-state index is 0.0376. The molecule has 0 aliphatic carbocycles. The Labute approximate surface area is 152 Å². The van der Waals surface area contributed by atoms with E-state index in [1.165, 1.54) is 11.1 Å². The third-order valence-electron chi connectivity index (χ3n) is 3.77. The number of aliphatic hydroxyl groups excluding tert-OH is 1. The van der Waals surface area contributed by atoms with Crippen LogP contribution in [0.2, 0.25) is 0 Å². The first kappa shape index (κ1) is 21.2. The topological polar surface area (TPSA) is 42.0 Å². The van der Waals surface area contributed by atoms with Crippen molar-refractivity contribution in [1.29, 1.82) is 0 Å². The molecule has 0 bridgehead atoms. The molecule has 0 saturated carbocycles. The first-order chi connectivity index (χ1) is 12.0. The van der Waals surface area contributed by atoms with Crippen molar-refractivity contribution in [1.82, 2.24) is 0 Å². The van der Waals surface area contributed by atoms with Crippen LogP contribution in [0.5, 0.6) is 5.75 Å². The van der Waals surface area contributed by atoms with Gasteiger partial charge in [0.05, 0.1) is 19.3 Å². The lowest BCUT2D eigenvalue weighted by molar-refractivity contribution is 0.122. The highest BCUT2D eigenvalue weighted by atomic mass is 16.6. The normalized spacial score (nSPS) is 13.5. The maximum absolute atomic E-state index is 9.22. The predicted octanol–water partition coefficient (Wildman–Crippen LogP) is 4.81. The molecule has 3 rings (SSSR count). The van der Waals surface area contributed by atoms with Crippen LogP contribution in [-0.4, -0.2) is 31.0 Å². The molecule has 1 N–H and O–H groups in total. The zero-order chi connectivity index (χ0) is 18.7. The van der Waals surface area contributed by atoms with Crippen LogP contribution in [0.15, 0.2) is 54.6 Å². The van der Waals surface area contributed by atoms with Gasteiger partial charge in [-0.25, -0.2) is 0 Å². The van der Waals surface area contributed by atoms with Crippen LogP contribution in [0, 0.1) is 0 Å². The molecule has 138 valence electrons. The number of hydrogen-bond acceptors (Lipinski definition) is 3. The van der Waals surface area contributed by atoms with Crippen LogP contribution in [0.1, 0.15) is 45.7 Å². The van der Waals surface area contributed by atoms with Crippen molar-refractivity contribution in [3.63, 3.8) is 0 Å². The highest BCUT2D eigenvalue weighted by Crippen LogP contribution is 2.32. The predicted molar refractivity (Wildman–Crippen MR) is 104 cm³/mol. The molecule has 3 heteroatoms. The van der Waals surface area contributed by atoms with Crippen molar-refractivity contribution in [2.75, 3.05) is 19.8 Å². The van der Waals surface area contributed by atoms with Crippen LogP contribution < -0.4 is 4.74 Å². The van der Waals surface area contributed by atoms with Crippen LogP contribution in [-0.2, 0) is 10.2 Å². The number of epoxide rings is 1. The second-order valence-electron chi connectivity index (χ2n) is 6.29. The summed E-state index contributed by atoms with van der Waals surface area (Å²) in [5.41, 5.74) is 2.50. The smallest absolute Gasteiger partial charge is 0.119 e. The summed E-state index contributed by atoms with van der Waals surface area (Å²) in [6.07, 6.45) is -0.449. The van der Waals surface area contributed by atoms with Crippen LogP contribution in [0.4, 0.5) is 0 Å². The van der Waals surface area contributed by atoms with Gasteiger partial charge in [0.15, 0.2) is 0 Å². The minimum atomic E-state index is -0.449. The van der Waals surface area contributed by atoms with E-state index in [0.717, 1.165) is 19.0 Å². The van der Waals surface area contributed by atoms with Crippen molar-refractivity contribution in [3.8, 4) is 5.75 Å². The molecule has 0 radical (unpaired) electrons. The molecular weight excluding hydrogens is 312 g/mol. The molecule has 1 fully saturated rings. The Morgan fingerprint density at radius 3 is 1.88 bits per heavy atom. The van der Waals surface area contributed by atoms with E-state index in [9.17, 15) is 5.11 Å². The van der Waals surface area contributed by atoms with Gasteiger partial charge >= 0.3 is 0 Å². The number of aliphatic hydroxyl groups is 1. The summed E-state index contributed by atoms with van der Waals surface area (Å²) >= 11 is 0. The number of rotatable bonds is 5. The summed E-state index contributed by atoms with van der Waals surface area (Å²) in [5, 5.41) is 9.22. The average Bonchev–Trinajstić information content (AvgIpc) is 3.52. The molecule has 3 nitrogen and oxygen atoms in total. The van der Waals surface area contributed by atoms with E-state index < -0.39 is 6.10 Å². The van der Waals surface area contributed by atoms with E-state index in [-0.39, 0.29) is 5.41 Å². The standard InChI is InChI=1S/C18H22O2.C2H4O.C2H6/c1-14(19)13-20-17-11-9-16(10-12-17)18(2,3)15-7-5-4-6-8-15;1-2-3-1;1-2/h4-12,14,19H,13H2,1-3H3;1-2H2;1-2H3. The molecule has 1 unspecified atom stereocenters. The fourth-order valence-electron chi connectivity index (χ4n) is 2.21. The zero-order valence-corrected chi connectivity index (χ0v) is 16.2. The van der Waals surface area contributed by atoms with Crippen LogP contribution in [0.3, 0.4) is 0 Å². The number of hydrogen-bond donors (Lipinski definition) is 1. The molecule has 1 aliphatic rings. The number of ether oxygens (including phenoxy) is 2. The van der Waals surface area contributed by atoms with E-state index in [1.54, 1.807) is 6.92 Å². The molecule has 1 atom stereocenters. The molecule has 1 aliphatic heterocycles. The van der Waals surface area contributed by atoms with Gasteiger partial charge in [0.1, 0.15) is 12.4 Å². The van der Waals surface area contributed by atoms with Gasteiger partial charge < -0.3 is 14.6 Å². The summed E-state index contributed by atoms with van der Waals surface area (Å²) in [6.45, 7) is 12.5. The first-order valence-electron chi connectivity index (χ1n) is 9.05. The van der Waals surface area contributed by atoms with Crippen LogP contribution in [0.25, 0.3) is 0 Å². The van der Waals surface area contributed by atoms with E-state index in [1.807, 2.05) is 32.0 Å². The van der Waals surface area contributed by atoms with Crippen molar-refractivity contribution >= 4 is 0 Å². The molecule has 1 heterocycles. The Balaban J connectivity index is 0.000000547. The van der Waals surface area contributed by atoms with Gasteiger partial charge in [-0.1, -0.05) is 70.2 Å². The maximum Gasteiger partial charge on any atom is 0.119 e. The quantitative estimate of drug-likeness (QED) is 0.791. The van der Waals surface area contributed by atoms with E-state index >= 15 is 0 Å². The number of benzene rings is 2. The Morgan fingerprint density at radius 1 is 0.960 bits per heavy atom. The third-order valence-corrected chi connectivity index (χ3v) is 3.77. The summed E-state index contributed by atoms with van der Waals surface area (Å²) in [4.78, 5) is 0. The van der Waals surface area contributed by atoms with Crippen molar-refractivity contribution in [2.24, 2.45) is 0 Å². The fraction of sp³-hybridized carbons (Fsp3) is 0.455. The monoisotopic (exact) mass is 344 g/mol. The van der Waals surface area contributed by atoms with Gasteiger partial charge in [0.25, 0.3) is 0 Å². The Hall–Kier alpha value is -1.84. The highest BCUT2D eigenvalue weighted by Gasteiger charge is 2.22. The van der Waals surface area contributed by atoms with E-state index in [0.29, 0.717) is 6.61 Å². The van der Waals surface area contributed by atoms with Gasteiger partial charge in [0, 0.05) is 5.41 Å². The average molecular weight is 344 g/mol. The Bertz CT molecular complexity index is 569. The molecule has 0 amide bonds. The molecule has 1 saturated heterocycles. The van der Waals surface area contributed by atoms with Gasteiger partial charge in [-0.3, -0.25) is 0 Å². The Morgan fingerprint density at radius 2 is 1.44 bits per heavy atom. The summed E-state index contributed by atoms with van der Waals surface area (Å²) < 4.78 is 9.99. The molecule has 0 spiro atoms. The third kappa shape index (κ3) is 7.72. The lowest BCUT2D eigenvalue weighted by Crippen LogP contribution is -2.18. The molecule has 25 heavy (non-hydrogen) atoms. The second kappa shape index (κ2) is 10.9. The van der Waals surface area contributed by atoms with E-state index in [2.05, 4.69) is 55.0 Å². The lowest BCUT2D eigenvalue weighted by Gasteiger charge is -2.26. The van der Waals surface area contributed by atoms with Crippen molar-refractivity contribution in [2.45, 2.75) is 46.1 Å². The summed E-state index contributed by atoms with van der Waals surface area (Å²) in [6, 6.07) is 18.6. The van der Waals surface area contributed by atoms with Gasteiger partial charge in [-0.05, 0) is 30.2 Å². The van der Waals surface area contributed by atoms with Crippen molar-refractivity contribution in [3.05, 3.63) is 65.7 Å². The van der Waals surface area contributed by atoms with Gasteiger partial charge in [0.2, 0.25) is 0 Å². The van der Waals surface area contributed by atoms with E-state index in [4.69, 9.17) is 4.74 Å². The van der Waals surface area contributed by atoms with Crippen molar-refractivity contribution < 1.29 is 14.6 Å².